The molecule has 0 amide bonds. The van der Waals surface area contributed by atoms with Crippen molar-refractivity contribution in [3.8, 4) is 0 Å². The Hall–Kier alpha value is -1.60. The SMILES string of the molecule is O=C(O)c1ccc(N(CCc2cccc(Cl)c2Cl)S(=O)O)cc1. The number of benzene rings is 2. The molecular weight excluding hydrogens is 361 g/mol. The van der Waals surface area contributed by atoms with Gasteiger partial charge in [-0.1, -0.05) is 35.3 Å². The van der Waals surface area contributed by atoms with E-state index in [0.717, 1.165) is 5.56 Å². The molecule has 0 heterocycles. The lowest BCUT2D eigenvalue weighted by Crippen LogP contribution is -2.27. The summed E-state index contributed by atoms with van der Waals surface area (Å²) in [6.07, 6.45) is 0.409. The Bertz CT molecular complexity index is 737. The second-order valence-corrected chi connectivity index (χ2v) is 6.34. The standard InChI is InChI=1S/C15H13Cl2NO4S/c16-13-3-1-2-10(14(13)17)8-9-18(23(21)22)12-6-4-11(5-7-12)15(19)20/h1-7H,8-9H2,(H,19,20)(H,21,22). The summed E-state index contributed by atoms with van der Waals surface area (Å²) in [7, 11) is 0. The second-order valence-electron chi connectivity index (χ2n) is 4.65. The van der Waals surface area contributed by atoms with Crippen molar-refractivity contribution in [2.24, 2.45) is 0 Å². The molecule has 0 aromatic heterocycles. The molecule has 0 aliphatic rings. The molecule has 1 unspecified atom stereocenters. The molecule has 2 N–H and O–H groups in total. The molecule has 5 nitrogen and oxygen atoms in total. The van der Waals surface area contributed by atoms with Crippen molar-refractivity contribution < 1.29 is 18.7 Å². The zero-order chi connectivity index (χ0) is 17.0. The minimum Gasteiger partial charge on any atom is -0.478 e. The van der Waals surface area contributed by atoms with E-state index in [2.05, 4.69) is 0 Å². The van der Waals surface area contributed by atoms with Crippen LogP contribution in [0.4, 0.5) is 5.69 Å². The molecule has 122 valence electrons. The summed E-state index contributed by atoms with van der Waals surface area (Å²) in [6.45, 7) is 0.218. The van der Waals surface area contributed by atoms with Crippen LogP contribution in [0.25, 0.3) is 0 Å². The molecule has 0 fully saturated rings. The summed E-state index contributed by atoms with van der Waals surface area (Å²) in [5, 5.41) is 9.72. The highest BCUT2D eigenvalue weighted by Crippen LogP contribution is 2.26. The van der Waals surface area contributed by atoms with Crippen LogP contribution in [0.1, 0.15) is 15.9 Å². The fourth-order valence-electron chi connectivity index (χ4n) is 2.03. The van der Waals surface area contributed by atoms with Gasteiger partial charge in [-0.2, -0.15) is 0 Å². The van der Waals surface area contributed by atoms with Gasteiger partial charge in [-0.15, -0.1) is 0 Å². The van der Waals surface area contributed by atoms with Crippen molar-refractivity contribution in [1.29, 1.82) is 0 Å². The summed E-state index contributed by atoms with van der Waals surface area (Å²) in [4.78, 5) is 10.8. The van der Waals surface area contributed by atoms with Gasteiger partial charge in [0.1, 0.15) is 0 Å². The van der Waals surface area contributed by atoms with Crippen molar-refractivity contribution >= 4 is 46.1 Å². The number of carbonyl (C=O) groups is 1. The maximum absolute atomic E-state index is 11.6. The van der Waals surface area contributed by atoms with E-state index in [1.807, 2.05) is 0 Å². The van der Waals surface area contributed by atoms with Gasteiger partial charge in [0.2, 0.25) is 0 Å². The van der Waals surface area contributed by atoms with Crippen molar-refractivity contribution in [2.75, 3.05) is 10.8 Å². The van der Waals surface area contributed by atoms with Gasteiger partial charge in [-0.05, 0) is 42.3 Å². The second kappa shape index (κ2) is 7.79. The lowest BCUT2D eigenvalue weighted by molar-refractivity contribution is 0.0697. The number of nitrogens with zero attached hydrogens (tertiary/aromatic N) is 1. The minimum atomic E-state index is -2.25. The lowest BCUT2D eigenvalue weighted by Gasteiger charge is -2.20. The van der Waals surface area contributed by atoms with Gasteiger partial charge >= 0.3 is 5.97 Å². The first-order valence-electron chi connectivity index (χ1n) is 6.55. The van der Waals surface area contributed by atoms with Gasteiger partial charge in [-0.25, -0.2) is 9.00 Å². The van der Waals surface area contributed by atoms with E-state index in [0.29, 0.717) is 22.2 Å². The highest BCUT2D eigenvalue weighted by molar-refractivity contribution is 7.80. The summed E-state index contributed by atoms with van der Waals surface area (Å²) >= 11 is 9.80. The maximum Gasteiger partial charge on any atom is 0.335 e. The summed E-state index contributed by atoms with van der Waals surface area (Å²) in [5.74, 6) is -1.06. The number of anilines is 1. The average Bonchev–Trinajstić information content (AvgIpc) is 2.51. The zero-order valence-electron chi connectivity index (χ0n) is 11.8. The van der Waals surface area contributed by atoms with Crippen LogP contribution >= 0.6 is 23.2 Å². The van der Waals surface area contributed by atoms with E-state index in [1.54, 1.807) is 18.2 Å². The fourth-order valence-corrected chi connectivity index (χ4v) is 3.00. The molecule has 1 atom stereocenters. The minimum absolute atomic E-state index is 0.107. The van der Waals surface area contributed by atoms with Gasteiger partial charge in [0, 0.05) is 6.54 Å². The third-order valence-corrected chi connectivity index (χ3v) is 4.84. The van der Waals surface area contributed by atoms with Crippen molar-refractivity contribution in [3.05, 3.63) is 63.6 Å². The normalized spacial score (nSPS) is 12.0. The molecule has 8 heteroatoms. The molecule has 0 spiro atoms. The van der Waals surface area contributed by atoms with Crippen molar-refractivity contribution in [1.82, 2.24) is 0 Å². The van der Waals surface area contributed by atoms with E-state index in [9.17, 15) is 13.6 Å². The Labute approximate surface area is 145 Å². The third kappa shape index (κ3) is 4.45. The van der Waals surface area contributed by atoms with Crippen LogP contribution in [0.5, 0.6) is 0 Å². The fraction of sp³-hybridized carbons (Fsp3) is 0.133. The Kier molecular flexibility index (Phi) is 6.01. The first-order valence-corrected chi connectivity index (χ1v) is 8.37. The molecule has 0 aliphatic carbocycles. The summed E-state index contributed by atoms with van der Waals surface area (Å²) < 4.78 is 22.3. The maximum atomic E-state index is 11.6. The number of carboxylic acids is 1. The van der Waals surface area contributed by atoms with E-state index in [4.69, 9.17) is 28.3 Å². The average molecular weight is 374 g/mol. The number of rotatable bonds is 6. The highest BCUT2D eigenvalue weighted by atomic mass is 35.5. The molecule has 0 bridgehead atoms. The number of halogens is 2. The molecule has 2 aromatic carbocycles. The molecule has 0 saturated heterocycles. The largest absolute Gasteiger partial charge is 0.478 e. The molecule has 2 aromatic rings. The number of hydrogen-bond donors (Lipinski definition) is 2. The summed E-state index contributed by atoms with van der Waals surface area (Å²) in [5.41, 5.74) is 1.31. The van der Waals surface area contributed by atoms with Gasteiger partial charge in [0.25, 0.3) is 11.3 Å². The molecule has 0 saturated carbocycles. The molecule has 0 aliphatic heterocycles. The number of hydrogen-bond acceptors (Lipinski definition) is 2. The van der Waals surface area contributed by atoms with Gasteiger partial charge in [-0.3, -0.25) is 8.86 Å². The van der Waals surface area contributed by atoms with E-state index in [-0.39, 0.29) is 12.1 Å². The highest BCUT2D eigenvalue weighted by Gasteiger charge is 2.14. The Morgan fingerprint density at radius 1 is 1.13 bits per heavy atom. The quantitative estimate of drug-likeness (QED) is 0.753. The lowest BCUT2D eigenvalue weighted by atomic mass is 10.1. The molecular formula is C15H13Cl2NO4S. The first kappa shape index (κ1) is 17.7. The van der Waals surface area contributed by atoms with E-state index >= 15 is 0 Å². The molecule has 23 heavy (non-hydrogen) atoms. The summed E-state index contributed by atoms with van der Waals surface area (Å²) in [6, 6.07) is 10.9. The Balaban J connectivity index is 2.17. The van der Waals surface area contributed by atoms with E-state index < -0.39 is 17.2 Å². The van der Waals surface area contributed by atoms with Crippen LogP contribution < -0.4 is 4.31 Å². The van der Waals surface area contributed by atoms with Gasteiger partial charge in [0.15, 0.2) is 0 Å². The predicted molar refractivity (Wildman–Crippen MR) is 91.7 cm³/mol. The van der Waals surface area contributed by atoms with E-state index in [1.165, 1.54) is 28.6 Å². The Morgan fingerprint density at radius 2 is 1.78 bits per heavy atom. The zero-order valence-corrected chi connectivity index (χ0v) is 14.1. The Morgan fingerprint density at radius 3 is 2.35 bits per heavy atom. The van der Waals surface area contributed by atoms with Gasteiger partial charge < -0.3 is 5.11 Å². The van der Waals surface area contributed by atoms with Gasteiger partial charge in [0.05, 0.1) is 21.3 Å². The first-order chi connectivity index (χ1) is 10.9. The molecule has 0 radical (unpaired) electrons. The molecule has 2 rings (SSSR count). The number of carboxylic acid groups (broad SMARTS) is 1. The monoisotopic (exact) mass is 373 g/mol. The third-order valence-electron chi connectivity index (χ3n) is 3.21. The van der Waals surface area contributed by atoms with Crippen molar-refractivity contribution in [2.45, 2.75) is 6.42 Å². The van der Waals surface area contributed by atoms with Crippen LogP contribution in [0.2, 0.25) is 10.0 Å². The number of aromatic carboxylic acids is 1. The van der Waals surface area contributed by atoms with Crippen molar-refractivity contribution in [3.63, 3.8) is 0 Å². The van der Waals surface area contributed by atoms with Crippen LogP contribution in [0, 0.1) is 0 Å². The predicted octanol–water partition coefficient (Wildman–Crippen LogP) is 3.88. The smallest absolute Gasteiger partial charge is 0.335 e. The van der Waals surface area contributed by atoms with Crippen LogP contribution in [0.15, 0.2) is 42.5 Å². The van der Waals surface area contributed by atoms with Crippen LogP contribution in [-0.2, 0) is 17.7 Å². The van der Waals surface area contributed by atoms with Crippen LogP contribution in [0.3, 0.4) is 0 Å². The van der Waals surface area contributed by atoms with Crippen LogP contribution in [-0.4, -0.2) is 26.4 Å². The topological polar surface area (TPSA) is 77.8 Å².